The van der Waals surface area contributed by atoms with Crippen LogP contribution in [0.1, 0.15) is 39.5 Å². The molecule has 2 aromatic rings. The molecule has 0 aromatic heterocycles. The fraction of sp³-hybridized carbons (Fsp3) is 0.474. The zero-order chi connectivity index (χ0) is 17.7. The smallest absolute Gasteiger partial charge is 0.241 e. The number of nitrogens with zero attached hydrogens (tertiary/aromatic N) is 1. The van der Waals surface area contributed by atoms with E-state index in [0.29, 0.717) is 4.90 Å². The van der Waals surface area contributed by atoms with Gasteiger partial charge in [-0.25, -0.2) is 13.1 Å². The minimum atomic E-state index is -3.53. The van der Waals surface area contributed by atoms with Crippen LogP contribution in [0, 0.1) is 0 Å². The molecule has 5 heteroatoms. The van der Waals surface area contributed by atoms with Crippen molar-refractivity contribution in [1.82, 2.24) is 4.72 Å². The van der Waals surface area contributed by atoms with E-state index in [1.54, 1.807) is 6.07 Å². The molecule has 0 aliphatic rings. The number of benzene rings is 2. The zero-order valence-corrected chi connectivity index (χ0v) is 15.9. The van der Waals surface area contributed by atoms with E-state index in [1.165, 1.54) is 0 Å². The lowest BCUT2D eigenvalue weighted by Crippen LogP contribution is -2.32. The predicted octanol–water partition coefficient (Wildman–Crippen LogP) is 4.15. The molecule has 2 aromatic carbocycles. The quantitative estimate of drug-likeness (QED) is 0.729. The Morgan fingerprint density at radius 1 is 1.04 bits per heavy atom. The van der Waals surface area contributed by atoms with E-state index in [1.807, 2.05) is 56.3 Å². The molecular weight excluding hydrogens is 320 g/mol. The third-order valence-corrected chi connectivity index (χ3v) is 5.88. The minimum absolute atomic E-state index is 0.0613. The summed E-state index contributed by atoms with van der Waals surface area (Å²) in [5.74, 6) is 0. The van der Waals surface area contributed by atoms with Crippen molar-refractivity contribution < 1.29 is 8.42 Å². The maximum atomic E-state index is 12.8. The van der Waals surface area contributed by atoms with Gasteiger partial charge in [0.25, 0.3) is 0 Å². The van der Waals surface area contributed by atoms with Gasteiger partial charge in [0, 0.05) is 36.6 Å². The first kappa shape index (κ1) is 18.7. The average molecular weight is 349 g/mol. The highest BCUT2D eigenvalue weighted by molar-refractivity contribution is 7.89. The Morgan fingerprint density at radius 3 is 2.38 bits per heavy atom. The fourth-order valence-electron chi connectivity index (χ4n) is 2.98. The Bertz CT molecular complexity index is 785. The lowest BCUT2D eigenvalue weighted by Gasteiger charge is -2.18. The van der Waals surface area contributed by atoms with E-state index in [2.05, 4.69) is 11.6 Å². The van der Waals surface area contributed by atoms with Crippen molar-refractivity contribution in [2.75, 3.05) is 19.0 Å². The van der Waals surface area contributed by atoms with E-state index in [0.717, 1.165) is 42.1 Å². The first-order valence-corrected chi connectivity index (χ1v) is 10.1. The Hall–Kier alpha value is -1.59. The molecule has 1 unspecified atom stereocenters. The van der Waals surface area contributed by atoms with E-state index >= 15 is 0 Å². The van der Waals surface area contributed by atoms with Crippen LogP contribution in [0.3, 0.4) is 0 Å². The highest BCUT2D eigenvalue weighted by Gasteiger charge is 2.20. The molecule has 0 spiro atoms. The molecular formula is C19H28N2O2S. The summed E-state index contributed by atoms with van der Waals surface area (Å²) in [6, 6.07) is 11.2. The molecule has 0 heterocycles. The summed E-state index contributed by atoms with van der Waals surface area (Å²) < 4.78 is 28.5. The molecule has 0 saturated carbocycles. The van der Waals surface area contributed by atoms with Crippen LogP contribution >= 0.6 is 0 Å². The number of rotatable bonds is 8. The van der Waals surface area contributed by atoms with E-state index in [9.17, 15) is 8.42 Å². The molecule has 0 saturated heterocycles. The maximum Gasteiger partial charge on any atom is 0.241 e. The molecule has 24 heavy (non-hydrogen) atoms. The van der Waals surface area contributed by atoms with Gasteiger partial charge in [0.05, 0.1) is 4.90 Å². The molecule has 132 valence electrons. The first-order chi connectivity index (χ1) is 11.4. The number of sulfonamides is 1. The van der Waals surface area contributed by atoms with E-state index in [-0.39, 0.29) is 6.04 Å². The van der Waals surface area contributed by atoms with Crippen molar-refractivity contribution in [1.29, 1.82) is 0 Å². The fourth-order valence-corrected chi connectivity index (χ4v) is 4.48. The van der Waals surface area contributed by atoms with E-state index in [4.69, 9.17) is 0 Å². The second-order valence-electron chi connectivity index (χ2n) is 6.54. The summed E-state index contributed by atoms with van der Waals surface area (Å²) in [5.41, 5.74) is 1.01. The SMILES string of the molecule is CCCCCC(C)NS(=O)(=O)c1cccc2c(N(C)C)cccc12. The predicted molar refractivity (Wildman–Crippen MR) is 102 cm³/mol. The van der Waals surface area contributed by atoms with Gasteiger partial charge < -0.3 is 4.90 Å². The van der Waals surface area contributed by atoms with Gasteiger partial charge in [0.15, 0.2) is 0 Å². The molecule has 1 atom stereocenters. The Morgan fingerprint density at radius 2 is 1.71 bits per heavy atom. The van der Waals surface area contributed by atoms with Gasteiger partial charge in [-0.3, -0.25) is 0 Å². The summed E-state index contributed by atoms with van der Waals surface area (Å²) in [6.07, 6.45) is 4.17. The number of fused-ring (bicyclic) bond motifs is 1. The summed E-state index contributed by atoms with van der Waals surface area (Å²) >= 11 is 0. The molecule has 0 aliphatic heterocycles. The van der Waals surface area contributed by atoms with Crippen molar-refractivity contribution in [3.05, 3.63) is 36.4 Å². The van der Waals surface area contributed by atoms with Gasteiger partial charge >= 0.3 is 0 Å². The van der Waals surface area contributed by atoms with Gasteiger partial charge in [-0.2, -0.15) is 0 Å². The number of hydrogen-bond acceptors (Lipinski definition) is 3. The Labute approximate surface area is 145 Å². The number of anilines is 1. The van der Waals surface area contributed by atoms with Crippen molar-refractivity contribution >= 4 is 26.5 Å². The lowest BCUT2D eigenvalue weighted by atomic mass is 10.1. The van der Waals surface area contributed by atoms with Gasteiger partial charge in [0.2, 0.25) is 10.0 Å². The Balaban J connectivity index is 2.35. The van der Waals surface area contributed by atoms with E-state index < -0.39 is 10.0 Å². The highest BCUT2D eigenvalue weighted by Crippen LogP contribution is 2.30. The lowest BCUT2D eigenvalue weighted by molar-refractivity contribution is 0.528. The van der Waals surface area contributed by atoms with Crippen LogP contribution in [0.25, 0.3) is 10.8 Å². The standard InChI is InChI=1S/C19H28N2O2S/c1-5-6-7-10-15(2)20-24(22,23)19-14-9-11-16-17(19)12-8-13-18(16)21(3)4/h8-9,11-15,20H,5-7,10H2,1-4H3. The second-order valence-corrected chi connectivity index (χ2v) is 8.22. The zero-order valence-electron chi connectivity index (χ0n) is 15.0. The molecule has 0 amide bonds. The van der Waals surface area contributed by atoms with Crippen molar-refractivity contribution in [2.45, 2.75) is 50.5 Å². The second kappa shape index (κ2) is 7.99. The third-order valence-electron chi connectivity index (χ3n) is 4.23. The summed E-state index contributed by atoms with van der Waals surface area (Å²) in [5, 5.41) is 1.71. The topological polar surface area (TPSA) is 49.4 Å². The van der Waals surface area contributed by atoms with Crippen molar-refractivity contribution in [2.24, 2.45) is 0 Å². The number of unbranched alkanes of at least 4 members (excludes halogenated alkanes) is 2. The van der Waals surface area contributed by atoms with Crippen LogP contribution in [-0.4, -0.2) is 28.6 Å². The van der Waals surface area contributed by atoms with Crippen LogP contribution < -0.4 is 9.62 Å². The molecule has 0 fully saturated rings. The Kier molecular flexibility index (Phi) is 6.24. The summed E-state index contributed by atoms with van der Waals surface area (Å²) in [7, 11) is 0.390. The third kappa shape index (κ3) is 4.28. The molecule has 4 nitrogen and oxygen atoms in total. The molecule has 0 bridgehead atoms. The molecule has 0 radical (unpaired) electrons. The van der Waals surface area contributed by atoms with Crippen LogP contribution in [0.5, 0.6) is 0 Å². The van der Waals surface area contributed by atoms with Crippen LogP contribution in [0.2, 0.25) is 0 Å². The summed E-state index contributed by atoms with van der Waals surface area (Å²) in [4.78, 5) is 2.35. The number of hydrogen-bond donors (Lipinski definition) is 1. The van der Waals surface area contributed by atoms with Crippen LogP contribution in [0.4, 0.5) is 5.69 Å². The molecule has 0 aliphatic carbocycles. The minimum Gasteiger partial charge on any atom is -0.377 e. The molecule has 1 N–H and O–H groups in total. The van der Waals surface area contributed by atoms with Gasteiger partial charge in [0.1, 0.15) is 0 Å². The monoisotopic (exact) mass is 348 g/mol. The van der Waals surface area contributed by atoms with Crippen LogP contribution in [-0.2, 0) is 10.0 Å². The average Bonchev–Trinajstić information content (AvgIpc) is 2.53. The normalized spacial score (nSPS) is 13.2. The van der Waals surface area contributed by atoms with Crippen LogP contribution in [0.15, 0.2) is 41.3 Å². The van der Waals surface area contributed by atoms with Gasteiger partial charge in [-0.05, 0) is 25.5 Å². The van der Waals surface area contributed by atoms with Crippen molar-refractivity contribution in [3.8, 4) is 0 Å². The highest BCUT2D eigenvalue weighted by atomic mass is 32.2. The van der Waals surface area contributed by atoms with Crippen molar-refractivity contribution in [3.63, 3.8) is 0 Å². The first-order valence-electron chi connectivity index (χ1n) is 8.58. The largest absolute Gasteiger partial charge is 0.377 e. The number of nitrogens with one attached hydrogen (secondary N) is 1. The van der Waals surface area contributed by atoms with Gasteiger partial charge in [-0.1, -0.05) is 50.5 Å². The summed E-state index contributed by atoms with van der Waals surface area (Å²) in [6.45, 7) is 4.08. The maximum absolute atomic E-state index is 12.8. The van der Waals surface area contributed by atoms with Gasteiger partial charge in [-0.15, -0.1) is 0 Å². The molecule has 2 rings (SSSR count).